The van der Waals surface area contributed by atoms with E-state index >= 15 is 0 Å². The predicted octanol–water partition coefficient (Wildman–Crippen LogP) is 3.74. The first-order chi connectivity index (χ1) is 13.5. The lowest BCUT2D eigenvalue weighted by atomic mass is 9.89. The van der Waals surface area contributed by atoms with Crippen molar-refractivity contribution in [3.05, 3.63) is 76.5 Å². The molecular weight excluding hydrogens is 357 g/mol. The van der Waals surface area contributed by atoms with Crippen LogP contribution in [0.3, 0.4) is 0 Å². The third-order valence-electron chi connectivity index (χ3n) is 4.92. The molecule has 2 N–H and O–H groups in total. The maximum atomic E-state index is 13.6. The molecule has 1 aliphatic rings. The van der Waals surface area contributed by atoms with E-state index in [2.05, 4.69) is 15.2 Å². The smallest absolute Gasteiger partial charge is 0.171 e. The summed E-state index contributed by atoms with van der Waals surface area (Å²) in [5, 5.41) is 8.50. The number of aryl methyl sites for hydroxylation is 3. The standard InChI is InChI=1S/C21H22FN5O/c1-13-10-14(2)27(25-13)20-9-7-16(12-24-20)21(23)26-28-19-5-3-4-15-6-8-17(22)11-18(15)19/h6-12,19H,3-5H2,1-2H3,(H2,23,26)/t19-/m0/s1. The number of pyridine rings is 1. The fourth-order valence-electron chi connectivity index (χ4n) is 3.53. The number of benzene rings is 1. The number of aromatic nitrogens is 3. The second-order valence-electron chi connectivity index (χ2n) is 7.05. The van der Waals surface area contributed by atoms with Crippen LogP contribution < -0.4 is 5.73 Å². The van der Waals surface area contributed by atoms with Crippen LogP contribution in [0.5, 0.6) is 0 Å². The molecule has 2 heterocycles. The number of rotatable bonds is 4. The molecule has 0 bridgehead atoms. The van der Waals surface area contributed by atoms with Gasteiger partial charge in [0, 0.05) is 23.0 Å². The number of oxime groups is 1. The van der Waals surface area contributed by atoms with E-state index in [1.165, 1.54) is 12.1 Å². The molecule has 0 spiro atoms. The van der Waals surface area contributed by atoms with E-state index < -0.39 is 0 Å². The van der Waals surface area contributed by atoms with Crippen LogP contribution in [0.25, 0.3) is 5.82 Å². The van der Waals surface area contributed by atoms with Crippen LogP contribution in [0, 0.1) is 19.7 Å². The summed E-state index contributed by atoms with van der Waals surface area (Å²) in [6.45, 7) is 3.92. The van der Waals surface area contributed by atoms with Gasteiger partial charge in [-0.3, -0.25) is 0 Å². The lowest BCUT2D eigenvalue weighted by molar-refractivity contribution is 0.0456. The zero-order chi connectivity index (χ0) is 19.7. The van der Waals surface area contributed by atoms with Gasteiger partial charge in [0.2, 0.25) is 0 Å². The third-order valence-corrected chi connectivity index (χ3v) is 4.92. The summed E-state index contributed by atoms with van der Waals surface area (Å²) in [6.07, 6.45) is 4.02. The molecular formula is C21H22FN5O. The molecule has 1 aliphatic carbocycles. The van der Waals surface area contributed by atoms with Crippen molar-refractivity contribution < 1.29 is 9.23 Å². The van der Waals surface area contributed by atoms with Gasteiger partial charge in [0.1, 0.15) is 5.82 Å². The van der Waals surface area contributed by atoms with Gasteiger partial charge in [0.25, 0.3) is 0 Å². The lowest BCUT2D eigenvalue weighted by Gasteiger charge is -2.23. The summed E-state index contributed by atoms with van der Waals surface area (Å²) in [7, 11) is 0. The van der Waals surface area contributed by atoms with Crippen molar-refractivity contribution in [2.75, 3.05) is 0 Å². The van der Waals surface area contributed by atoms with Crippen LogP contribution in [0.2, 0.25) is 0 Å². The minimum atomic E-state index is -0.292. The Hall–Kier alpha value is -3.22. The first-order valence-electron chi connectivity index (χ1n) is 9.29. The summed E-state index contributed by atoms with van der Waals surface area (Å²) < 4.78 is 15.4. The van der Waals surface area contributed by atoms with E-state index in [1.54, 1.807) is 10.9 Å². The number of nitrogens with two attached hydrogens (primary N) is 1. The summed E-state index contributed by atoms with van der Waals surface area (Å²) in [5.74, 6) is 0.672. The number of fused-ring (bicyclic) bond motifs is 1. The van der Waals surface area contributed by atoms with Gasteiger partial charge < -0.3 is 10.6 Å². The molecule has 1 atom stereocenters. The number of hydrogen-bond donors (Lipinski definition) is 1. The van der Waals surface area contributed by atoms with Gasteiger partial charge in [-0.25, -0.2) is 14.1 Å². The minimum Gasteiger partial charge on any atom is -0.386 e. The SMILES string of the molecule is Cc1cc(C)n(-c2ccc(C(N)=NO[C@H]3CCCc4ccc(F)cc43)cn2)n1. The Morgan fingerprint density at radius 3 is 2.82 bits per heavy atom. The molecule has 0 aliphatic heterocycles. The van der Waals surface area contributed by atoms with Gasteiger partial charge in [0.05, 0.1) is 5.69 Å². The molecule has 2 aromatic heterocycles. The highest BCUT2D eigenvalue weighted by molar-refractivity contribution is 5.96. The normalized spacial score (nSPS) is 16.7. The molecule has 0 radical (unpaired) electrons. The van der Waals surface area contributed by atoms with Gasteiger partial charge in [-0.1, -0.05) is 11.2 Å². The highest BCUT2D eigenvalue weighted by Crippen LogP contribution is 2.33. The quantitative estimate of drug-likeness (QED) is 0.426. The molecule has 28 heavy (non-hydrogen) atoms. The molecule has 0 amide bonds. The van der Waals surface area contributed by atoms with Gasteiger partial charge in [-0.15, -0.1) is 0 Å². The van der Waals surface area contributed by atoms with Crippen LogP contribution in [-0.4, -0.2) is 20.6 Å². The Morgan fingerprint density at radius 1 is 1.25 bits per heavy atom. The Kier molecular flexibility index (Phi) is 4.81. The Bertz CT molecular complexity index is 1030. The van der Waals surface area contributed by atoms with Gasteiger partial charge >= 0.3 is 0 Å². The molecule has 0 saturated heterocycles. The summed E-state index contributed by atoms with van der Waals surface area (Å²) in [4.78, 5) is 10.1. The van der Waals surface area contributed by atoms with E-state index in [1.807, 2.05) is 38.1 Å². The average Bonchev–Trinajstić information content (AvgIpc) is 3.04. The van der Waals surface area contributed by atoms with Gasteiger partial charge in [0.15, 0.2) is 17.8 Å². The van der Waals surface area contributed by atoms with Crippen LogP contribution in [0.15, 0.2) is 47.8 Å². The van der Waals surface area contributed by atoms with E-state index in [9.17, 15) is 4.39 Å². The topological polar surface area (TPSA) is 78.3 Å². The fourth-order valence-corrected chi connectivity index (χ4v) is 3.53. The van der Waals surface area contributed by atoms with E-state index in [0.29, 0.717) is 11.4 Å². The average molecular weight is 379 g/mol. The number of nitrogens with zero attached hydrogens (tertiary/aromatic N) is 4. The summed E-state index contributed by atoms with van der Waals surface area (Å²) >= 11 is 0. The van der Waals surface area contributed by atoms with Crippen molar-refractivity contribution in [1.29, 1.82) is 0 Å². The maximum Gasteiger partial charge on any atom is 0.171 e. The van der Waals surface area contributed by atoms with Crippen molar-refractivity contribution in [3.63, 3.8) is 0 Å². The highest BCUT2D eigenvalue weighted by atomic mass is 19.1. The van der Waals surface area contributed by atoms with Crippen molar-refractivity contribution in [1.82, 2.24) is 14.8 Å². The molecule has 0 fully saturated rings. The first-order valence-corrected chi connectivity index (χ1v) is 9.29. The van der Waals surface area contributed by atoms with E-state index in [4.69, 9.17) is 10.6 Å². The highest BCUT2D eigenvalue weighted by Gasteiger charge is 2.22. The van der Waals surface area contributed by atoms with Crippen LogP contribution in [-0.2, 0) is 11.3 Å². The lowest BCUT2D eigenvalue weighted by Crippen LogP contribution is -2.17. The molecule has 4 rings (SSSR count). The molecule has 6 nitrogen and oxygen atoms in total. The van der Waals surface area contributed by atoms with Crippen molar-refractivity contribution in [2.24, 2.45) is 10.9 Å². The second kappa shape index (κ2) is 7.42. The molecule has 7 heteroatoms. The predicted molar refractivity (Wildman–Crippen MR) is 105 cm³/mol. The molecule has 1 aromatic carbocycles. The largest absolute Gasteiger partial charge is 0.386 e. The van der Waals surface area contributed by atoms with E-state index in [0.717, 1.165) is 41.8 Å². The van der Waals surface area contributed by atoms with Crippen LogP contribution in [0.1, 0.15) is 47.0 Å². The molecule has 0 saturated carbocycles. The van der Waals surface area contributed by atoms with Gasteiger partial charge in [-0.05, 0) is 69.0 Å². The Balaban J connectivity index is 1.51. The molecule has 0 unspecified atom stereocenters. The number of hydrogen-bond acceptors (Lipinski definition) is 4. The Labute approximate surface area is 162 Å². The summed E-state index contributed by atoms with van der Waals surface area (Å²) in [5.41, 5.74) is 10.6. The van der Waals surface area contributed by atoms with Crippen molar-refractivity contribution in [3.8, 4) is 5.82 Å². The van der Waals surface area contributed by atoms with Gasteiger partial charge in [-0.2, -0.15) is 5.10 Å². The second-order valence-corrected chi connectivity index (χ2v) is 7.05. The number of halogens is 1. The summed E-state index contributed by atoms with van der Waals surface area (Å²) in [6, 6.07) is 10.5. The Morgan fingerprint density at radius 2 is 2.11 bits per heavy atom. The molecule has 144 valence electrons. The van der Waals surface area contributed by atoms with Crippen LogP contribution >= 0.6 is 0 Å². The number of amidine groups is 1. The van der Waals surface area contributed by atoms with E-state index in [-0.39, 0.29) is 17.8 Å². The fraction of sp³-hybridized carbons (Fsp3) is 0.286. The first kappa shape index (κ1) is 18.2. The zero-order valence-electron chi connectivity index (χ0n) is 15.9. The third kappa shape index (κ3) is 3.60. The van der Waals surface area contributed by atoms with Crippen LogP contribution in [0.4, 0.5) is 4.39 Å². The van der Waals surface area contributed by atoms with Crippen molar-refractivity contribution >= 4 is 5.84 Å². The van der Waals surface area contributed by atoms with Crippen molar-refractivity contribution in [2.45, 2.75) is 39.2 Å². The molecule has 3 aromatic rings. The minimum absolute atomic E-state index is 0.232. The monoisotopic (exact) mass is 379 g/mol. The zero-order valence-corrected chi connectivity index (χ0v) is 15.9. The maximum absolute atomic E-state index is 13.6.